The van der Waals surface area contributed by atoms with E-state index >= 15 is 0 Å². The second-order valence-electron chi connectivity index (χ2n) is 5.75. The minimum absolute atomic E-state index is 0.180. The molecule has 0 saturated carbocycles. The zero-order valence-corrected chi connectivity index (χ0v) is 13.9. The van der Waals surface area contributed by atoms with Crippen LogP contribution in [0.3, 0.4) is 0 Å². The molecular formula is C18H26N2O4. The lowest BCUT2D eigenvalue weighted by Gasteiger charge is -2.22. The van der Waals surface area contributed by atoms with Crippen molar-refractivity contribution in [2.75, 3.05) is 13.2 Å². The van der Waals surface area contributed by atoms with Gasteiger partial charge in [0.25, 0.3) is 0 Å². The molecule has 6 heteroatoms. The molecule has 0 bridgehead atoms. The van der Waals surface area contributed by atoms with Gasteiger partial charge < -0.3 is 20.8 Å². The summed E-state index contributed by atoms with van der Waals surface area (Å²) in [4.78, 5) is 24.6. The normalized spacial score (nSPS) is 14.3. The fraction of sp³-hybridized carbons (Fsp3) is 0.444. The Bertz CT molecular complexity index is 533. The van der Waals surface area contributed by atoms with E-state index in [0.29, 0.717) is 6.42 Å². The lowest BCUT2D eigenvalue weighted by atomic mass is 10.0. The van der Waals surface area contributed by atoms with Gasteiger partial charge in [-0.15, -0.1) is 6.58 Å². The lowest BCUT2D eigenvalue weighted by Crippen LogP contribution is -2.48. The van der Waals surface area contributed by atoms with Crippen LogP contribution in [0, 0.1) is 5.92 Å². The van der Waals surface area contributed by atoms with E-state index in [1.807, 2.05) is 30.3 Å². The van der Waals surface area contributed by atoms with Gasteiger partial charge in [0.05, 0.1) is 19.3 Å². The molecule has 0 heterocycles. The van der Waals surface area contributed by atoms with Crippen molar-refractivity contribution in [1.82, 2.24) is 10.6 Å². The number of hydrogen-bond acceptors (Lipinski definition) is 4. The Hall–Kier alpha value is -2.18. The molecule has 0 radical (unpaired) electrons. The number of benzene rings is 1. The monoisotopic (exact) mass is 334 g/mol. The first-order valence-corrected chi connectivity index (χ1v) is 7.99. The second-order valence-corrected chi connectivity index (χ2v) is 5.75. The van der Waals surface area contributed by atoms with Crippen molar-refractivity contribution >= 4 is 11.8 Å². The summed E-state index contributed by atoms with van der Waals surface area (Å²) in [7, 11) is 0. The van der Waals surface area contributed by atoms with Gasteiger partial charge >= 0.3 is 0 Å². The molecule has 0 aliphatic rings. The first-order chi connectivity index (χ1) is 11.5. The fourth-order valence-electron chi connectivity index (χ4n) is 2.25. The summed E-state index contributed by atoms with van der Waals surface area (Å²) in [5.74, 6) is -1.88. The van der Waals surface area contributed by atoms with Gasteiger partial charge in [-0.25, -0.2) is 0 Å². The van der Waals surface area contributed by atoms with Crippen molar-refractivity contribution < 1.29 is 19.8 Å². The highest BCUT2D eigenvalue weighted by Crippen LogP contribution is 2.08. The molecule has 132 valence electrons. The summed E-state index contributed by atoms with van der Waals surface area (Å²) < 4.78 is 0. The summed E-state index contributed by atoms with van der Waals surface area (Å²) in [6.45, 7) is 4.79. The van der Waals surface area contributed by atoms with Crippen molar-refractivity contribution in [3.63, 3.8) is 0 Å². The summed E-state index contributed by atoms with van der Waals surface area (Å²) >= 11 is 0. The highest BCUT2D eigenvalue weighted by molar-refractivity contribution is 6.00. The van der Waals surface area contributed by atoms with Crippen LogP contribution >= 0.6 is 0 Å². The molecule has 4 N–H and O–H groups in total. The number of hydrogen-bond donors (Lipinski definition) is 4. The van der Waals surface area contributed by atoms with Crippen molar-refractivity contribution in [2.24, 2.45) is 5.92 Å². The topological polar surface area (TPSA) is 98.7 Å². The van der Waals surface area contributed by atoms with Crippen LogP contribution in [0.5, 0.6) is 0 Å². The maximum Gasteiger partial charge on any atom is 0.233 e. The van der Waals surface area contributed by atoms with E-state index in [2.05, 4.69) is 17.2 Å². The number of rotatable bonds is 10. The quantitative estimate of drug-likeness (QED) is 0.368. The molecule has 24 heavy (non-hydrogen) atoms. The third-order valence-corrected chi connectivity index (χ3v) is 3.59. The van der Waals surface area contributed by atoms with E-state index in [0.717, 1.165) is 5.56 Å². The van der Waals surface area contributed by atoms with Crippen LogP contribution in [0.4, 0.5) is 0 Å². The Morgan fingerprint density at radius 3 is 2.29 bits per heavy atom. The number of nitrogens with one attached hydrogen (secondary N) is 2. The summed E-state index contributed by atoms with van der Waals surface area (Å²) in [5, 5.41) is 23.8. The molecule has 3 atom stereocenters. The van der Waals surface area contributed by atoms with Gasteiger partial charge in [-0.05, 0) is 25.3 Å². The number of carbonyl (C=O) groups is 2. The lowest BCUT2D eigenvalue weighted by molar-refractivity contribution is -0.136. The van der Waals surface area contributed by atoms with Crippen LogP contribution in [0.2, 0.25) is 0 Å². The fourth-order valence-corrected chi connectivity index (χ4v) is 2.25. The van der Waals surface area contributed by atoms with Crippen LogP contribution in [-0.4, -0.2) is 47.3 Å². The Balaban J connectivity index is 2.71. The minimum atomic E-state index is -0.943. The number of amides is 2. The van der Waals surface area contributed by atoms with Crippen LogP contribution in [0.15, 0.2) is 43.0 Å². The Morgan fingerprint density at radius 2 is 1.75 bits per heavy atom. The molecule has 0 fully saturated rings. The van der Waals surface area contributed by atoms with Gasteiger partial charge in [0.15, 0.2) is 0 Å². The first-order valence-electron chi connectivity index (χ1n) is 7.99. The zero-order valence-electron chi connectivity index (χ0n) is 13.9. The molecule has 1 aromatic carbocycles. The standard InChI is InChI=1S/C18H26N2O4/c1-3-7-16(17(23)19-13(2)11-21)18(24)20-15(12-22)10-14-8-5-4-6-9-14/h3-6,8-9,13,15-16,21-22H,1,7,10-12H2,2H3,(H,19,23)(H,20,24)/t13-,15-,16?/m0/s1. The van der Waals surface area contributed by atoms with Crippen LogP contribution in [0.25, 0.3) is 0 Å². The first kappa shape index (κ1) is 19.9. The molecule has 0 aromatic heterocycles. The van der Waals surface area contributed by atoms with Gasteiger partial charge in [-0.2, -0.15) is 0 Å². The van der Waals surface area contributed by atoms with E-state index in [1.165, 1.54) is 6.08 Å². The summed E-state index contributed by atoms with van der Waals surface area (Å²) in [5.41, 5.74) is 0.982. The predicted octanol–water partition coefficient (Wildman–Crippen LogP) is 0.396. The van der Waals surface area contributed by atoms with E-state index in [-0.39, 0.29) is 19.6 Å². The summed E-state index contributed by atoms with van der Waals surface area (Å²) in [6, 6.07) is 8.57. The molecule has 0 saturated heterocycles. The Kier molecular flexibility index (Phi) is 8.75. The Morgan fingerprint density at radius 1 is 1.12 bits per heavy atom. The van der Waals surface area contributed by atoms with Gasteiger partial charge in [0, 0.05) is 6.04 Å². The number of carbonyl (C=O) groups excluding carboxylic acids is 2. The zero-order chi connectivity index (χ0) is 17.9. The van der Waals surface area contributed by atoms with Gasteiger partial charge in [-0.3, -0.25) is 9.59 Å². The van der Waals surface area contributed by atoms with E-state index < -0.39 is 29.8 Å². The third-order valence-electron chi connectivity index (χ3n) is 3.59. The predicted molar refractivity (Wildman–Crippen MR) is 92.2 cm³/mol. The Labute approximate surface area is 142 Å². The smallest absolute Gasteiger partial charge is 0.233 e. The molecule has 1 unspecified atom stereocenters. The molecule has 6 nitrogen and oxygen atoms in total. The van der Waals surface area contributed by atoms with Gasteiger partial charge in [0.2, 0.25) is 11.8 Å². The molecule has 1 rings (SSSR count). The van der Waals surface area contributed by atoms with E-state index in [9.17, 15) is 14.7 Å². The average Bonchev–Trinajstić information content (AvgIpc) is 2.59. The highest BCUT2D eigenvalue weighted by Gasteiger charge is 2.27. The molecule has 0 aliphatic carbocycles. The molecular weight excluding hydrogens is 308 g/mol. The van der Waals surface area contributed by atoms with Crippen molar-refractivity contribution in [3.8, 4) is 0 Å². The highest BCUT2D eigenvalue weighted by atomic mass is 16.3. The maximum atomic E-state index is 12.4. The van der Waals surface area contributed by atoms with E-state index in [4.69, 9.17) is 5.11 Å². The number of aliphatic hydroxyl groups excluding tert-OH is 2. The SMILES string of the molecule is C=CCC(C(=O)N[C@H](CO)Cc1ccccc1)C(=O)N[C@@H](C)CO. The van der Waals surface area contributed by atoms with Gasteiger partial charge in [-0.1, -0.05) is 36.4 Å². The van der Waals surface area contributed by atoms with Crippen molar-refractivity contribution in [1.29, 1.82) is 0 Å². The van der Waals surface area contributed by atoms with Crippen molar-refractivity contribution in [3.05, 3.63) is 48.6 Å². The summed E-state index contributed by atoms with van der Waals surface area (Å²) in [6.07, 6.45) is 2.15. The second kappa shape index (κ2) is 10.6. The van der Waals surface area contributed by atoms with Crippen LogP contribution < -0.4 is 10.6 Å². The number of allylic oxidation sites excluding steroid dienone is 1. The maximum absolute atomic E-state index is 12.4. The van der Waals surface area contributed by atoms with Gasteiger partial charge in [0.1, 0.15) is 5.92 Å². The molecule has 2 amide bonds. The van der Waals surface area contributed by atoms with Crippen LogP contribution in [-0.2, 0) is 16.0 Å². The van der Waals surface area contributed by atoms with Crippen LogP contribution in [0.1, 0.15) is 18.9 Å². The average molecular weight is 334 g/mol. The van der Waals surface area contributed by atoms with E-state index in [1.54, 1.807) is 6.92 Å². The van der Waals surface area contributed by atoms with Crippen molar-refractivity contribution in [2.45, 2.75) is 31.8 Å². The largest absolute Gasteiger partial charge is 0.394 e. The minimum Gasteiger partial charge on any atom is -0.394 e. The number of aliphatic hydroxyl groups is 2. The molecule has 1 aromatic rings. The third kappa shape index (κ3) is 6.52. The molecule has 0 spiro atoms. The molecule has 0 aliphatic heterocycles.